The van der Waals surface area contributed by atoms with Gasteiger partial charge in [0, 0.05) is 0 Å². The summed E-state index contributed by atoms with van der Waals surface area (Å²) in [5.74, 6) is -3.38. The van der Waals surface area contributed by atoms with Crippen molar-refractivity contribution in [2.24, 2.45) is 0 Å². The van der Waals surface area contributed by atoms with E-state index in [-0.39, 0.29) is 37.6 Å². The standard InChI is InChI=1S/C20H22O8/c1-5-25-17(21)13(3)19(23)27-11-15-7-9-16(10-8-15)12-28-20(24)14(4)18(22)26-6-2/h7-10H,3-6,11-12H2,1-2H3. The number of esters is 4. The Balaban J connectivity index is 2.49. The predicted octanol–water partition coefficient (Wildman–Crippen LogP) is 2.01. The van der Waals surface area contributed by atoms with Gasteiger partial charge in [-0.3, -0.25) is 0 Å². The first-order chi connectivity index (χ1) is 13.3. The summed E-state index contributed by atoms with van der Waals surface area (Å²) in [5, 5.41) is 0. The third kappa shape index (κ3) is 7.06. The second-order valence-corrected chi connectivity index (χ2v) is 5.37. The van der Waals surface area contributed by atoms with Gasteiger partial charge in [0.15, 0.2) is 0 Å². The Bertz CT molecular complexity index is 696. The average molecular weight is 390 g/mol. The Morgan fingerprint density at radius 2 is 0.929 bits per heavy atom. The molecule has 0 amide bonds. The summed E-state index contributed by atoms with van der Waals surface area (Å²) in [6, 6.07) is 6.63. The van der Waals surface area contributed by atoms with Crippen LogP contribution in [0.4, 0.5) is 0 Å². The summed E-state index contributed by atoms with van der Waals surface area (Å²) in [4.78, 5) is 46.2. The number of ether oxygens (including phenoxy) is 4. The van der Waals surface area contributed by atoms with Crippen LogP contribution in [-0.2, 0) is 51.3 Å². The van der Waals surface area contributed by atoms with Gasteiger partial charge in [0.25, 0.3) is 0 Å². The van der Waals surface area contributed by atoms with Crippen molar-refractivity contribution in [1.29, 1.82) is 0 Å². The van der Waals surface area contributed by atoms with Crippen molar-refractivity contribution in [3.8, 4) is 0 Å². The van der Waals surface area contributed by atoms with Gasteiger partial charge in [0.05, 0.1) is 13.2 Å². The van der Waals surface area contributed by atoms with E-state index in [9.17, 15) is 19.2 Å². The van der Waals surface area contributed by atoms with Crippen LogP contribution in [0.1, 0.15) is 25.0 Å². The van der Waals surface area contributed by atoms with Gasteiger partial charge in [0.1, 0.15) is 24.4 Å². The van der Waals surface area contributed by atoms with Crippen LogP contribution in [0.25, 0.3) is 0 Å². The Kier molecular flexibility index (Phi) is 9.15. The summed E-state index contributed by atoms with van der Waals surface area (Å²) in [6.07, 6.45) is 0. The molecule has 0 bridgehead atoms. The minimum absolute atomic E-state index is 0.0724. The fourth-order valence-corrected chi connectivity index (χ4v) is 1.81. The summed E-state index contributed by atoms with van der Waals surface area (Å²) >= 11 is 0. The number of hydrogen-bond donors (Lipinski definition) is 0. The van der Waals surface area contributed by atoms with Gasteiger partial charge in [-0.1, -0.05) is 37.4 Å². The van der Waals surface area contributed by atoms with Crippen molar-refractivity contribution < 1.29 is 38.1 Å². The Morgan fingerprint density at radius 3 is 1.21 bits per heavy atom. The van der Waals surface area contributed by atoms with E-state index in [1.807, 2.05) is 0 Å². The molecule has 0 atom stereocenters. The summed E-state index contributed by atoms with van der Waals surface area (Å²) in [7, 11) is 0. The van der Waals surface area contributed by atoms with E-state index in [2.05, 4.69) is 22.6 Å². The van der Waals surface area contributed by atoms with Crippen molar-refractivity contribution in [1.82, 2.24) is 0 Å². The van der Waals surface area contributed by atoms with Crippen LogP contribution in [0.15, 0.2) is 48.6 Å². The maximum Gasteiger partial charge on any atom is 0.345 e. The SMILES string of the molecule is C=C(C(=O)OCC)C(=O)OCc1ccc(COC(=O)C(=C)C(=O)OCC)cc1. The van der Waals surface area contributed by atoms with Crippen molar-refractivity contribution in [2.45, 2.75) is 27.1 Å². The van der Waals surface area contributed by atoms with Gasteiger partial charge < -0.3 is 18.9 Å². The number of hydrogen-bond acceptors (Lipinski definition) is 8. The quantitative estimate of drug-likeness (QED) is 0.196. The molecule has 0 N–H and O–H groups in total. The highest BCUT2D eigenvalue weighted by molar-refractivity contribution is 6.13. The molecule has 0 radical (unpaired) electrons. The van der Waals surface area contributed by atoms with E-state index < -0.39 is 23.9 Å². The fraction of sp³-hybridized carbons (Fsp3) is 0.300. The second-order valence-electron chi connectivity index (χ2n) is 5.37. The largest absolute Gasteiger partial charge is 0.462 e. The second kappa shape index (κ2) is 11.3. The molecule has 0 saturated carbocycles. The maximum atomic E-state index is 11.7. The molecule has 0 aliphatic carbocycles. The minimum Gasteiger partial charge on any atom is -0.462 e. The molecule has 1 aromatic rings. The molecule has 0 unspecified atom stereocenters. The lowest BCUT2D eigenvalue weighted by molar-refractivity contribution is -0.149. The van der Waals surface area contributed by atoms with Gasteiger partial charge in [-0.2, -0.15) is 0 Å². The number of carbonyl (C=O) groups excluding carboxylic acids is 4. The lowest BCUT2D eigenvalue weighted by Gasteiger charge is -2.09. The topological polar surface area (TPSA) is 105 Å². The normalized spacial score (nSPS) is 9.79. The van der Waals surface area contributed by atoms with E-state index in [4.69, 9.17) is 9.47 Å². The molecule has 8 nitrogen and oxygen atoms in total. The summed E-state index contributed by atoms with van der Waals surface area (Å²) in [5.41, 5.74) is 0.534. The minimum atomic E-state index is -0.867. The van der Waals surface area contributed by atoms with Gasteiger partial charge in [-0.05, 0) is 25.0 Å². The zero-order valence-corrected chi connectivity index (χ0v) is 15.8. The molecular weight excluding hydrogens is 368 g/mol. The third-order valence-corrected chi connectivity index (χ3v) is 3.30. The summed E-state index contributed by atoms with van der Waals surface area (Å²) in [6.45, 7) is 10.0. The zero-order chi connectivity index (χ0) is 21.1. The number of carbonyl (C=O) groups is 4. The van der Waals surface area contributed by atoms with Gasteiger partial charge >= 0.3 is 23.9 Å². The van der Waals surface area contributed by atoms with Crippen LogP contribution in [0, 0.1) is 0 Å². The smallest absolute Gasteiger partial charge is 0.345 e. The van der Waals surface area contributed by atoms with Crippen molar-refractivity contribution in [3.63, 3.8) is 0 Å². The van der Waals surface area contributed by atoms with Crippen LogP contribution >= 0.6 is 0 Å². The molecule has 0 aromatic heterocycles. The highest BCUT2D eigenvalue weighted by Gasteiger charge is 2.19. The molecule has 150 valence electrons. The molecule has 8 heteroatoms. The van der Waals surface area contributed by atoms with E-state index in [1.54, 1.807) is 38.1 Å². The molecule has 0 spiro atoms. The lowest BCUT2D eigenvalue weighted by atomic mass is 10.1. The van der Waals surface area contributed by atoms with Crippen molar-refractivity contribution >= 4 is 23.9 Å². The lowest BCUT2D eigenvalue weighted by Crippen LogP contribution is -2.17. The molecule has 1 aromatic carbocycles. The third-order valence-electron chi connectivity index (χ3n) is 3.30. The van der Waals surface area contributed by atoms with Crippen LogP contribution in [0.2, 0.25) is 0 Å². The Morgan fingerprint density at radius 1 is 0.643 bits per heavy atom. The molecule has 0 heterocycles. The van der Waals surface area contributed by atoms with E-state index >= 15 is 0 Å². The molecule has 0 aliphatic rings. The monoisotopic (exact) mass is 390 g/mol. The Hall–Kier alpha value is -3.42. The van der Waals surface area contributed by atoms with Crippen molar-refractivity contribution in [3.05, 3.63) is 59.7 Å². The number of rotatable bonds is 10. The summed E-state index contributed by atoms with van der Waals surface area (Å²) < 4.78 is 19.3. The van der Waals surface area contributed by atoms with Crippen LogP contribution in [-0.4, -0.2) is 37.1 Å². The highest BCUT2D eigenvalue weighted by atomic mass is 16.6. The first-order valence-corrected chi connectivity index (χ1v) is 8.44. The molecule has 0 aliphatic heterocycles. The Labute approximate surface area is 162 Å². The van der Waals surface area contributed by atoms with Crippen LogP contribution in [0.5, 0.6) is 0 Å². The van der Waals surface area contributed by atoms with E-state index in [0.29, 0.717) is 11.1 Å². The van der Waals surface area contributed by atoms with E-state index in [0.717, 1.165) is 0 Å². The van der Waals surface area contributed by atoms with Crippen molar-refractivity contribution in [2.75, 3.05) is 13.2 Å². The maximum absolute atomic E-state index is 11.7. The van der Waals surface area contributed by atoms with Gasteiger partial charge in [0.2, 0.25) is 0 Å². The first kappa shape index (κ1) is 22.6. The molecular formula is C20H22O8. The predicted molar refractivity (Wildman–Crippen MR) is 97.6 cm³/mol. The number of benzene rings is 1. The molecule has 1 rings (SSSR count). The van der Waals surface area contributed by atoms with Crippen LogP contribution < -0.4 is 0 Å². The van der Waals surface area contributed by atoms with Crippen LogP contribution in [0.3, 0.4) is 0 Å². The fourth-order valence-electron chi connectivity index (χ4n) is 1.81. The van der Waals surface area contributed by atoms with Gasteiger partial charge in [-0.25, -0.2) is 19.2 Å². The zero-order valence-electron chi connectivity index (χ0n) is 15.8. The highest BCUT2D eigenvalue weighted by Crippen LogP contribution is 2.10. The molecule has 0 saturated heterocycles. The average Bonchev–Trinajstić information content (AvgIpc) is 2.70. The molecule has 0 fully saturated rings. The van der Waals surface area contributed by atoms with Gasteiger partial charge in [-0.15, -0.1) is 0 Å². The molecule has 28 heavy (non-hydrogen) atoms. The first-order valence-electron chi connectivity index (χ1n) is 8.44. The van der Waals surface area contributed by atoms with E-state index in [1.165, 1.54) is 0 Å².